The van der Waals surface area contributed by atoms with Crippen LogP contribution in [0.5, 0.6) is 11.5 Å². The van der Waals surface area contributed by atoms with E-state index in [-0.39, 0.29) is 30.1 Å². The summed E-state index contributed by atoms with van der Waals surface area (Å²) in [7, 11) is 1.61. The molecule has 37 heavy (non-hydrogen) atoms. The number of aromatic nitrogens is 2. The molecular weight excluding hydrogens is 468 g/mol. The lowest BCUT2D eigenvalue weighted by molar-refractivity contribution is -0.127. The summed E-state index contributed by atoms with van der Waals surface area (Å²) in [4.78, 5) is 37.6. The fourth-order valence-electron chi connectivity index (χ4n) is 4.68. The van der Waals surface area contributed by atoms with Gasteiger partial charge in [0, 0.05) is 25.0 Å². The van der Waals surface area contributed by atoms with E-state index in [4.69, 9.17) is 9.47 Å². The molecule has 0 bridgehead atoms. The number of nitrogens with one attached hydrogen (secondary N) is 1. The molecule has 3 aromatic rings. The Morgan fingerprint density at radius 1 is 1.00 bits per heavy atom. The molecule has 0 radical (unpaired) electrons. The first-order valence-electron chi connectivity index (χ1n) is 12.8. The van der Waals surface area contributed by atoms with Crippen molar-refractivity contribution in [2.24, 2.45) is 0 Å². The van der Waals surface area contributed by atoms with Crippen molar-refractivity contribution in [2.75, 3.05) is 13.7 Å². The molecule has 2 amide bonds. The third-order valence-corrected chi connectivity index (χ3v) is 6.57. The fourth-order valence-corrected chi connectivity index (χ4v) is 4.68. The number of carbonyl (C=O) groups is 2. The maximum atomic E-state index is 13.9. The summed E-state index contributed by atoms with van der Waals surface area (Å²) in [5, 5.41) is 3.23. The van der Waals surface area contributed by atoms with Crippen molar-refractivity contribution in [3.63, 3.8) is 0 Å². The maximum Gasteiger partial charge on any atom is 0.275 e. The molecule has 1 aromatic heterocycles. The van der Waals surface area contributed by atoms with Crippen molar-refractivity contribution in [3.8, 4) is 11.5 Å². The van der Waals surface area contributed by atoms with Gasteiger partial charge < -0.3 is 19.7 Å². The van der Waals surface area contributed by atoms with E-state index in [1.165, 1.54) is 25.0 Å². The molecule has 2 aromatic carbocycles. The lowest BCUT2D eigenvalue weighted by Crippen LogP contribution is -2.47. The normalized spacial score (nSPS) is 14.4. The predicted octanol–water partition coefficient (Wildman–Crippen LogP) is 4.72. The number of nitrogens with zero attached hydrogens (tertiary/aromatic N) is 3. The van der Waals surface area contributed by atoms with Crippen LogP contribution < -0.4 is 14.8 Å². The minimum absolute atomic E-state index is 0.0981. The van der Waals surface area contributed by atoms with Crippen LogP contribution in [0.4, 0.5) is 0 Å². The number of rotatable bonds is 10. The van der Waals surface area contributed by atoms with Crippen molar-refractivity contribution in [1.29, 1.82) is 0 Å². The molecule has 1 N–H and O–H groups in total. The zero-order chi connectivity index (χ0) is 26.0. The van der Waals surface area contributed by atoms with Gasteiger partial charge in [-0.05, 0) is 55.2 Å². The highest BCUT2D eigenvalue weighted by molar-refractivity contribution is 5.96. The molecule has 0 spiro atoms. The zero-order valence-electron chi connectivity index (χ0n) is 21.4. The molecule has 0 saturated heterocycles. The first-order chi connectivity index (χ1) is 18.1. The molecule has 1 heterocycles. The number of carbonyl (C=O) groups excluding carboxylic acids is 2. The molecule has 8 heteroatoms. The first kappa shape index (κ1) is 26.1. The summed E-state index contributed by atoms with van der Waals surface area (Å²) in [6.45, 7) is 2.67. The topological polar surface area (TPSA) is 93.7 Å². The van der Waals surface area contributed by atoms with E-state index >= 15 is 0 Å². The van der Waals surface area contributed by atoms with E-state index in [0.717, 1.165) is 31.2 Å². The number of ether oxygens (including phenoxy) is 2. The molecule has 1 aliphatic rings. The van der Waals surface area contributed by atoms with Gasteiger partial charge in [-0.25, -0.2) is 4.98 Å². The fraction of sp³-hybridized carbons (Fsp3) is 0.379. The van der Waals surface area contributed by atoms with Crippen LogP contribution in [0.1, 0.15) is 66.7 Å². The summed E-state index contributed by atoms with van der Waals surface area (Å²) >= 11 is 0. The Labute approximate surface area is 218 Å². The van der Waals surface area contributed by atoms with Crippen molar-refractivity contribution >= 4 is 11.8 Å². The van der Waals surface area contributed by atoms with Crippen LogP contribution in [-0.4, -0.2) is 46.4 Å². The summed E-state index contributed by atoms with van der Waals surface area (Å²) in [5.74, 6) is 0.844. The Morgan fingerprint density at radius 2 is 1.70 bits per heavy atom. The van der Waals surface area contributed by atoms with Crippen LogP contribution in [0.2, 0.25) is 0 Å². The highest BCUT2D eigenvalue weighted by Gasteiger charge is 2.34. The lowest BCUT2D eigenvalue weighted by atomic mass is 9.94. The van der Waals surface area contributed by atoms with E-state index in [1.54, 1.807) is 12.0 Å². The number of methoxy groups -OCH3 is 1. The van der Waals surface area contributed by atoms with Crippen LogP contribution >= 0.6 is 0 Å². The maximum absolute atomic E-state index is 13.9. The Bertz CT molecular complexity index is 1150. The average molecular weight is 503 g/mol. The molecular formula is C29H34N4O4. The Balaban J connectivity index is 1.73. The van der Waals surface area contributed by atoms with Gasteiger partial charge in [0.2, 0.25) is 5.91 Å². The van der Waals surface area contributed by atoms with Crippen molar-refractivity contribution < 1.29 is 19.1 Å². The van der Waals surface area contributed by atoms with Gasteiger partial charge in [-0.1, -0.05) is 43.5 Å². The van der Waals surface area contributed by atoms with Crippen molar-refractivity contribution in [3.05, 3.63) is 83.9 Å². The molecule has 1 fully saturated rings. The molecule has 8 nitrogen and oxygen atoms in total. The van der Waals surface area contributed by atoms with E-state index in [1.807, 2.05) is 55.5 Å². The molecule has 4 rings (SSSR count). The Hall–Kier alpha value is -3.94. The summed E-state index contributed by atoms with van der Waals surface area (Å²) in [6, 6.07) is 14.1. The van der Waals surface area contributed by atoms with Gasteiger partial charge in [0.25, 0.3) is 5.91 Å². The van der Waals surface area contributed by atoms with Gasteiger partial charge in [-0.15, -0.1) is 0 Å². The van der Waals surface area contributed by atoms with Crippen molar-refractivity contribution in [1.82, 2.24) is 20.2 Å². The lowest BCUT2D eigenvalue weighted by Gasteiger charge is -2.33. The van der Waals surface area contributed by atoms with Gasteiger partial charge >= 0.3 is 0 Å². The second-order valence-corrected chi connectivity index (χ2v) is 9.12. The van der Waals surface area contributed by atoms with E-state index in [2.05, 4.69) is 15.3 Å². The average Bonchev–Trinajstić information content (AvgIpc) is 2.95. The van der Waals surface area contributed by atoms with Crippen LogP contribution in [0.15, 0.2) is 67.1 Å². The standard InChI is InChI=1S/C29H34N4O4/c1-3-37-25-15-11-22(12-16-25)27(28(34)32-23-7-5-4-6-8-23)33(29(35)26-19-30-17-18-31-26)20-21-9-13-24(36-2)14-10-21/h9-19,23,27H,3-8,20H2,1-2H3,(H,32,34)/t27-/m1/s1. The number of amides is 2. The highest BCUT2D eigenvalue weighted by Crippen LogP contribution is 2.29. The van der Waals surface area contributed by atoms with Crippen LogP contribution in [0.3, 0.4) is 0 Å². The second-order valence-electron chi connectivity index (χ2n) is 9.12. The minimum Gasteiger partial charge on any atom is -0.497 e. The summed E-state index contributed by atoms with van der Waals surface area (Å²) in [6.07, 6.45) is 9.67. The SMILES string of the molecule is CCOc1ccc([C@H](C(=O)NC2CCCCC2)N(Cc2ccc(OC)cc2)C(=O)c2cnccn2)cc1. The quantitative estimate of drug-likeness (QED) is 0.431. The van der Waals surface area contributed by atoms with E-state index in [0.29, 0.717) is 23.7 Å². The largest absolute Gasteiger partial charge is 0.497 e. The number of hydrogen-bond donors (Lipinski definition) is 1. The van der Waals surface area contributed by atoms with Crippen LogP contribution in [0, 0.1) is 0 Å². The Morgan fingerprint density at radius 3 is 2.32 bits per heavy atom. The van der Waals surface area contributed by atoms with Gasteiger partial charge in [0.1, 0.15) is 23.2 Å². The van der Waals surface area contributed by atoms with Crippen LogP contribution in [-0.2, 0) is 11.3 Å². The molecule has 1 aliphatic carbocycles. The van der Waals surface area contributed by atoms with Crippen LogP contribution in [0.25, 0.3) is 0 Å². The summed E-state index contributed by atoms with van der Waals surface area (Å²) in [5.41, 5.74) is 1.74. The Kier molecular flexibility index (Phi) is 9.08. The van der Waals surface area contributed by atoms with Crippen molar-refractivity contribution in [2.45, 2.75) is 57.7 Å². The smallest absolute Gasteiger partial charge is 0.275 e. The summed E-state index contributed by atoms with van der Waals surface area (Å²) < 4.78 is 10.9. The zero-order valence-corrected chi connectivity index (χ0v) is 21.4. The highest BCUT2D eigenvalue weighted by atomic mass is 16.5. The van der Waals surface area contributed by atoms with Gasteiger partial charge in [0.05, 0.1) is 19.9 Å². The molecule has 1 saturated carbocycles. The predicted molar refractivity (Wildman–Crippen MR) is 140 cm³/mol. The first-order valence-corrected chi connectivity index (χ1v) is 12.8. The van der Waals surface area contributed by atoms with Gasteiger partial charge in [-0.3, -0.25) is 14.6 Å². The number of benzene rings is 2. The van der Waals surface area contributed by atoms with E-state index < -0.39 is 6.04 Å². The number of hydrogen-bond acceptors (Lipinski definition) is 6. The monoisotopic (exact) mass is 502 g/mol. The van der Waals surface area contributed by atoms with E-state index in [9.17, 15) is 9.59 Å². The third kappa shape index (κ3) is 6.84. The molecule has 1 atom stereocenters. The molecule has 0 aliphatic heterocycles. The third-order valence-electron chi connectivity index (χ3n) is 6.57. The molecule has 194 valence electrons. The second kappa shape index (κ2) is 12.9. The van der Waals surface area contributed by atoms with Gasteiger partial charge in [-0.2, -0.15) is 0 Å². The molecule has 0 unspecified atom stereocenters. The van der Waals surface area contributed by atoms with Gasteiger partial charge in [0.15, 0.2) is 0 Å². The minimum atomic E-state index is -0.866.